The van der Waals surface area contributed by atoms with Gasteiger partial charge in [-0.1, -0.05) is 0 Å². The van der Waals surface area contributed by atoms with Crippen LogP contribution in [-0.4, -0.2) is 40.4 Å². The zero-order valence-electron chi connectivity index (χ0n) is 11.1. The van der Waals surface area contributed by atoms with Crippen molar-refractivity contribution < 1.29 is 0 Å². The molecule has 0 aromatic rings. The van der Waals surface area contributed by atoms with E-state index in [4.69, 9.17) is 0 Å². The summed E-state index contributed by atoms with van der Waals surface area (Å²) >= 11 is -1.08. The summed E-state index contributed by atoms with van der Waals surface area (Å²) in [6, 6.07) is 0. The fourth-order valence-electron chi connectivity index (χ4n) is 1.34. The Morgan fingerprint density at radius 1 is 0.429 bits per heavy atom. The van der Waals surface area contributed by atoms with Gasteiger partial charge in [0.05, 0.1) is 0 Å². The van der Waals surface area contributed by atoms with Crippen molar-refractivity contribution in [2.24, 2.45) is 0 Å². The molecule has 14 heavy (non-hydrogen) atoms. The minimum absolute atomic E-state index is 0.542. The van der Waals surface area contributed by atoms with Crippen LogP contribution in [0.1, 0.15) is 41.5 Å². The second-order valence-electron chi connectivity index (χ2n) is 3.24. The molecule has 0 unspecified atom stereocenters. The Morgan fingerprint density at radius 3 is 0.571 bits per heavy atom. The van der Waals surface area contributed by atoms with Crippen LogP contribution < -0.4 is 0 Å². The third-order valence-corrected chi connectivity index (χ3v) is 18.0. The summed E-state index contributed by atoms with van der Waals surface area (Å²) in [5, 5.41) is 0. The van der Waals surface area contributed by atoms with Crippen molar-refractivity contribution in [2.45, 2.75) is 67.7 Å². The van der Waals surface area contributed by atoms with Crippen LogP contribution >= 0.6 is 0 Å². The van der Waals surface area contributed by atoms with E-state index in [0.717, 1.165) is 0 Å². The van der Waals surface area contributed by atoms with Crippen LogP contribution in [0.4, 0.5) is 0 Å². The number of rotatable bonds is 6. The summed E-state index contributed by atoms with van der Waals surface area (Å²) in [7, 11) is 0. The Balaban J connectivity index is 0. The summed E-state index contributed by atoms with van der Waals surface area (Å²) in [5.41, 5.74) is 0. The van der Waals surface area contributed by atoms with Gasteiger partial charge in [-0.2, -0.15) is 0 Å². The molecular formula is C12H30Sb2. The van der Waals surface area contributed by atoms with Gasteiger partial charge in [-0.25, -0.2) is 0 Å². The summed E-state index contributed by atoms with van der Waals surface area (Å²) in [6.07, 6.45) is 0. The van der Waals surface area contributed by atoms with Gasteiger partial charge in [-0.05, 0) is 0 Å². The van der Waals surface area contributed by atoms with Crippen LogP contribution in [0.25, 0.3) is 0 Å². The van der Waals surface area contributed by atoms with Gasteiger partial charge in [0.2, 0.25) is 0 Å². The summed E-state index contributed by atoms with van der Waals surface area (Å²) in [4.78, 5) is 0. The molecule has 0 spiro atoms. The standard InChI is InChI=1S/6C2H5.2Sb/c6*1-2;;/h6*1H2,2H3;;. The normalized spacial score (nSPS) is 10.3. The van der Waals surface area contributed by atoms with Gasteiger partial charge in [-0.15, -0.1) is 0 Å². The van der Waals surface area contributed by atoms with Gasteiger partial charge in [-0.3, -0.25) is 0 Å². The maximum absolute atomic E-state index is 2.34. The predicted octanol–water partition coefficient (Wildman–Crippen LogP) is 5.08. The van der Waals surface area contributed by atoms with E-state index in [0.29, 0.717) is 0 Å². The Labute approximate surface area is 107 Å². The molecular weight excluding hydrogens is 388 g/mol. The first kappa shape index (κ1) is 18.0. The zero-order valence-corrected chi connectivity index (χ0v) is 16.2. The minimum atomic E-state index is -0.542. The molecule has 0 amide bonds. The molecule has 0 heterocycles. The summed E-state index contributed by atoms with van der Waals surface area (Å²) in [5.74, 6) is 0. The van der Waals surface area contributed by atoms with Crippen LogP contribution in [0, 0.1) is 0 Å². The molecule has 0 saturated carbocycles. The Bertz CT molecular complexity index is 63.3. The molecule has 0 bridgehead atoms. The van der Waals surface area contributed by atoms with Crippen molar-refractivity contribution in [1.82, 2.24) is 0 Å². The first-order chi connectivity index (χ1) is 6.69. The second kappa shape index (κ2) is 14.6. The molecule has 2 heteroatoms. The van der Waals surface area contributed by atoms with Crippen LogP contribution in [0.2, 0.25) is 26.2 Å². The SMILES string of the molecule is C[CH2][Sb]([CH2]C)[CH2]C.C[CH2][Sb]([CH2]C)[CH2]C. The van der Waals surface area contributed by atoms with Crippen molar-refractivity contribution in [1.29, 1.82) is 0 Å². The monoisotopic (exact) mass is 416 g/mol. The van der Waals surface area contributed by atoms with E-state index in [1.54, 1.807) is 0 Å². The van der Waals surface area contributed by atoms with Gasteiger partial charge in [0.15, 0.2) is 0 Å². The summed E-state index contributed by atoms with van der Waals surface area (Å²) in [6.45, 7) is 14.1. The topological polar surface area (TPSA) is 0 Å². The molecule has 0 rings (SSSR count). The van der Waals surface area contributed by atoms with E-state index >= 15 is 0 Å². The van der Waals surface area contributed by atoms with Gasteiger partial charge in [0.1, 0.15) is 0 Å². The molecule has 0 nitrogen and oxygen atoms in total. The van der Waals surface area contributed by atoms with Crippen LogP contribution in [-0.2, 0) is 0 Å². The first-order valence-electron chi connectivity index (χ1n) is 6.14. The number of hydrogen-bond donors (Lipinski definition) is 0. The van der Waals surface area contributed by atoms with E-state index in [2.05, 4.69) is 41.5 Å². The molecule has 0 saturated heterocycles. The predicted molar refractivity (Wildman–Crippen MR) is 74.4 cm³/mol. The molecule has 0 N–H and O–H groups in total. The van der Waals surface area contributed by atoms with E-state index in [-0.39, 0.29) is 0 Å². The van der Waals surface area contributed by atoms with Gasteiger partial charge < -0.3 is 0 Å². The van der Waals surface area contributed by atoms with Crippen molar-refractivity contribution in [2.75, 3.05) is 0 Å². The molecule has 0 atom stereocenters. The molecule has 0 aromatic carbocycles. The molecule has 0 aliphatic carbocycles. The van der Waals surface area contributed by atoms with Crippen molar-refractivity contribution >= 4 is 40.4 Å². The van der Waals surface area contributed by atoms with E-state index in [1.165, 1.54) is 26.2 Å². The third-order valence-electron chi connectivity index (χ3n) is 2.68. The van der Waals surface area contributed by atoms with E-state index in [9.17, 15) is 0 Å². The average Bonchev–Trinajstić information content (AvgIpc) is 2.24. The third kappa shape index (κ3) is 11.7. The molecule has 0 radical (unpaired) electrons. The van der Waals surface area contributed by atoms with Crippen LogP contribution in [0.3, 0.4) is 0 Å². The van der Waals surface area contributed by atoms with Crippen molar-refractivity contribution in [3.05, 3.63) is 0 Å². The van der Waals surface area contributed by atoms with Gasteiger partial charge in [0, 0.05) is 0 Å². The molecule has 0 aliphatic heterocycles. The Kier molecular flexibility index (Phi) is 18.8. The zero-order chi connectivity index (χ0) is 11.4. The molecule has 0 aromatic heterocycles. The number of hydrogen-bond acceptors (Lipinski definition) is 0. The first-order valence-corrected chi connectivity index (χ1v) is 17.0. The van der Waals surface area contributed by atoms with Crippen molar-refractivity contribution in [3.63, 3.8) is 0 Å². The maximum atomic E-state index is 2.34. The molecule has 0 fully saturated rings. The molecule has 88 valence electrons. The Morgan fingerprint density at radius 2 is 0.571 bits per heavy atom. The van der Waals surface area contributed by atoms with Crippen LogP contribution in [0.15, 0.2) is 0 Å². The van der Waals surface area contributed by atoms with E-state index in [1.807, 2.05) is 0 Å². The van der Waals surface area contributed by atoms with E-state index < -0.39 is 40.4 Å². The van der Waals surface area contributed by atoms with Crippen LogP contribution in [0.5, 0.6) is 0 Å². The van der Waals surface area contributed by atoms with Gasteiger partial charge >= 0.3 is 108 Å². The Hall–Kier alpha value is 1.64. The fraction of sp³-hybridized carbons (Fsp3) is 1.00. The fourth-order valence-corrected chi connectivity index (χ4v) is 9.00. The average molecular weight is 418 g/mol. The second-order valence-corrected chi connectivity index (χ2v) is 21.7. The summed E-state index contributed by atoms with van der Waals surface area (Å²) < 4.78 is 9.22. The van der Waals surface area contributed by atoms with Crippen molar-refractivity contribution in [3.8, 4) is 0 Å². The molecule has 0 aliphatic rings. The quantitative estimate of drug-likeness (QED) is 0.528. The van der Waals surface area contributed by atoms with Gasteiger partial charge in [0.25, 0.3) is 0 Å².